The molecule has 1 aliphatic heterocycles. The Bertz CT molecular complexity index is 1180. The highest BCUT2D eigenvalue weighted by Gasteiger charge is 2.28. The molecule has 3 heterocycles. The molecule has 0 N–H and O–H groups in total. The van der Waals surface area contributed by atoms with Gasteiger partial charge in [-0.15, -0.1) is 5.10 Å². The Morgan fingerprint density at radius 3 is 2.70 bits per heavy atom. The van der Waals surface area contributed by atoms with E-state index in [4.69, 9.17) is 4.98 Å². The molecule has 1 aromatic carbocycles. The number of amides is 1. The predicted octanol–water partition coefficient (Wildman–Crippen LogP) is 2.76. The van der Waals surface area contributed by atoms with Crippen molar-refractivity contribution in [2.24, 2.45) is 0 Å². The lowest BCUT2D eigenvalue weighted by molar-refractivity contribution is -0.135. The van der Waals surface area contributed by atoms with Crippen LogP contribution < -0.4 is 5.56 Å². The van der Waals surface area contributed by atoms with Gasteiger partial charge in [0.05, 0.1) is 0 Å². The third kappa shape index (κ3) is 3.13. The van der Waals surface area contributed by atoms with Crippen LogP contribution in [0.3, 0.4) is 0 Å². The van der Waals surface area contributed by atoms with E-state index in [0.717, 1.165) is 61.0 Å². The Balaban J connectivity index is 1.61. The van der Waals surface area contributed by atoms with Crippen LogP contribution in [-0.2, 0) is 24.2 Å². The largest absolute Gasteiger partial charge is 0.338 e. The summed E-state index contributed by atoms with van der Waals surface area (Å²) in [6.07, 6.45) is 5.74. The van der Waals surface area contributed by atoms with Crippen molar-refractivity contribution in [3.63, 3.8) is 0 Å². The molecule has 30 heavy (non-hydrogen) atoms. The maximum absolute atomic E-state index is 13.2. The smallest absolute Gasteiger partial charge is 0.279 e. The molecule has 0 spiro atoms. The fraction of sp³-hybridized carbons (Fsp3) is 0.478. The lowest BCUT2D eigenvalue weighted by atomic mass is 10.0. The number of carbonyl (C=O) groups excluding carboxylic acids is 1. The molecule has 1 aliphatic carbocycles. The zero-order valence-electron chi connectivity index (χ0n) is 17.6. The first kappa shape index (κ1) is 19.0. The van der Waals surface area contributed by atoms with E-state index in [2.05, 4.69) is 12.0 Å². The minimum atomic E-state index is -0.0987. The second-order valence-corrected chi connectivity index (χ2v) is 8.62. The van der Waals surface area contributed by atoms with Crippen molar-refractivity contribution in [3.05, 3.63) is 51.4 Å². The molecule has 7 nitrogen and oxygen atoms in total. The third-order valence-corrected chi connectivity index (χ3v) is 6.52. The van der Waals surface area contributed by atoms with Gasteiger partial charge in [0.2, 0.25) is 11.7 Å². The number of hydrogen-bond acceptors (Lipinski definition) is 4. The van der Waals surface area contributed by atoms with Gasteiger partial charge < -0.3 is 9.47 Å². The summed E-state index contributed by atoms with van der Waals surface area (Å²) < 4.78 is 3.34. The molecule has 0 unspecified atom stereocenters. The summed E-state index contributed by atoms with van der Waals surface area (Å²) in [4.78, 5) is 32.9. The van der Waals surface area contributed by atoms with Crippen molar-refractivity contribution < 1.29 is 4.79 Å². The number of benzene rings is 1. The van der Waals surface area contributed by atoms with Crippen molar-refractivity contribution in [3.8, 4) is 11.4 Å². The molecule has 0 bridgehead atoms. The maximum atomic E-state index is 13.2. The average Bonchev–Trinajstić information content (AvgIpc) is 3.40. The number of carbonyl (C=O) groups is 1. The molecule has 1 amide bonds. The molecular formula is C23H27N5O2. The summed E-state index contributed by atoms with van der Waals surface area (Å²) >= 11 is 0. The Hall–Kier alpha value is -2.96. The van der Waals surface area contributed by atoms with Crippen LogP contribution >= 0.6 is 0 Å². The molecular weight excluding hydrogens is 378 g/mol. The summed E-state index contributed by atoms with van der Waals surface area (Å²) in [5, 5.41) is 4.53. The standard InChI is InChI=1S/C23H27N5O2/c1-15-9-11-17(12-10-15)21-24-23-27(14-20(29)26-13-4-3-6-16(26)2)19-8-5-7-18(19)22(30)28(23)25-21/h9-12,16H,3-8,13-14H2,1-2H3/t16-/m0/s1. The molecule has 156 valence electrons. The first-order valence-corrected chi connectivity index (χ1v) is 10.9. The molecule has 2 aliphatic rings. The Morgan fingerprint density at radius 1 is 1.13 bits per heavy atom. The maximum Gasteiger partial charge on any atom is 0.279 e. The molecule has 1 saturated heterocycles. The summed E-state index contributed by atoms with van der Waals surface area (Å²) in [6.45, 7) is 5.17. The van der Waals surface area contributed by atoms with Gasteiger partial charge in [-0.1, -0.05) is 29.8 Å². The van der Waals surface area contributed by atoms with Crippen molar-refractivity contribution in [1.29, 1.82) is 0 Å². The number of rotatable bonds is 3. The van der Waals surface area contributed by atoms with Crippen molar-refractivity contribution >= 4 is 11.7 Å². The number of aromatic nitrogens is 4. The average molecular weight is 406 g/mol. The Morgan fingerprint density at radius 2 is 1.93 bits per heavy atom. The van der Waals surface area contributed by atoms with Gasteiger partial charge >= 0.3 is 0 Å². The number of piperidine rings is 1. The number of nitrogens with zero attached hydrogens (tertiary/aromatic N) is 5. The first-order valence-electron chi connectivity index (χ1n) is 10.9. The van der Waals surface area contributed by atoms with E-state index in [0.29, 0.717) is 11.6 Å². The van der Waals surface area contributed by atoms with Crippen molar-refractivity contribution in [1.82, 2.24) is 24.1 Å². The van der Waals surface area contributed by atoms with Crippen LogP contribution in [0.4, 0.5) is 0 Å². The lowest BCUT2D eigenvalue weighted by Gasteiger charge is -2.33. The van der Waals surface area contributed by atoms with Gasteiger partial charge in [-0.25, -0.2) is 0 Å². The lowest BCUT2D eigenvalue weighted by Crippen LogP contribution is -2.44. The van der Waals surface area contributed by atoms with Crippen LogP contribution in [0.1, 0.15) is 49.4 Å². The van der Waals surface area contributed by atoms with Gasteiger partial charge in [0.25, 0.3) is 5.56 Å². The summed E-state index contributed by atoms with van der Waals surface area (Å²) in [5.74, 6) is 1.08. The minimum Gasteiger partial charge on any atom is -0.338 e. The fourth-order valence-corrected chi connectivity index (χ4v) is 4.81. The van der Waals surface area contributed by atoms with Gasteiger partial charge in [0, 0.05) is 29.4 Å². The molecule has 1 atom stereocenters. The SMILES string of the molecule is Cc1ccc(-c2nc3n(CC(=O)N4CCCC[C@@H]4C)c4c(c(=O)n3n2)CCC4)cc1. The fourth-order valence-electron chi connectivity index (χ4n) is 4.81. The zero-order chi connectivity index (χ0) is 20.8. The second-order valence-electron chi connectivity index (χ2n) is 8.62. The van der Waals surface area contributed by atoms with E-state index >= 15 is 0 Å². The molecule has 3 aromatic rings. The van der Waals surface area contributed by atoms with Crippen molar-refractivity contribution in [2.45, 2.75) is 65.0 Å². The Kier molecular flexibility index (Phi) is 4.68. The second kappa shape index (κ2) is 7.38. The predicted molar refractivity (Wildman–Crippen MR) is 114 cm³/mol. The summed E-state index contributed by atoms with van der Waals surface area (Å²) in [7, 11) is 0. The van der Waals surface area contributed by atoms with Crippen LogP contribution in [0.15, 0.2) is 29.1 Å². The summed E-state index contributed by atoms with van der Waals surface area (Å²) in [5.41, 5.74) is 3.66. The molecule has 5 rings (SSSR count). The molecule has 2 aromatic heterocycles. The van der Waals surface area contributed by atoms with Gasteiger partial charge in [-0.2, -0.15) is 9.50 Å². The molecule has 7 heteroatoms. The van der Waals surface area contributed by atoms with Crippen molar-refractivity contribution in [2.75, 3.05) is 6.54 Å². The number of likely N-dealkylation sites (tertiary alicyclic amines) is 1. The number of aryl methyl sites for hydroxylation is 1. The van der Waals surface area contributed by atoms with Gasteiger partial charge in [0.1, 0.15) is 6.54 Å². The zero-order valence-corrected chi connectivity index (χ0v) is 17.6. The normalized spacial score (nSPS) is 18.7. The van der Waals surface area contributed by atoms with Gasteiger partial charge in [-0.05, 0) is 52.4 Å². The monoisotopic (exact) mass is 405 g/mol. The number of hydrogen-bond donors (Lipinski definition) is 0. The molecule has 0 radical (unpaired) electrons. The highest BCUT2D eigenvalue weighted by Crippen LogP contribution is 2.24. The highest BCUT2D eigenvalue weighted by molar-refractivity contribution is 5.77. The highest BCUT2D eigenvalue weighted by atomic mass is 16.2. The third-order valence-electron chi connectivity index (χ3n) is 6.52. The topological polar surface area (TPSA) is 72.5 Å². The first-order chi connectivity index (χ1) is 14.5. The van der Waals surface area contributed by atoms with E-state index < -0.39 is 0 Å². The molecule has 0 saturated carbocycles. The van der Waals surface area contributed by atoms with E-state index in [9.17, 15) is 9.59 Å². The van der Waals surface area contributed by atoms with E-state index in [-0.39, 0.29) is 24.1 Å². The van der Waals surface area contributed by atoms with E-state index in [1.165, 1.54) is 10.9 Å². The quantitative estimate of drug-likeness (QED) is 0.672. The van der Waals surface area contributed by atoms with Crippen LogP contribution in [0.2, 0.25) is 0 Å². The number of fused-ring (bicyclic) bond motifs is 2. The van der Waals surface area contributed by atoms with Crippen LogP contribution in [-0.4, -0.2) is 42.6 Å². The summed E-state index contributed by atoms with van der Waals surface area (Å²) in [6, 6.07) is 8.21. The van der Waals surface area contributed by atoms with E-state index in [1.54, 1.807) is 0 Å². The van der Waals surface area contributed by atoms with Gasteiger partial charge in [-0.3, -0.25) is 9.59 Å². The minimum absolute atomic E-state index is 0.0987. The Labute approximate surface area is 175 Å². The van der Waals surface area contributed by atoms with Crippen LogP contribution in [0.25, 0.3) is 17.2 Å². The van der Waals surface area contributed by atoms with Gasteiger partial charge in [0.15, 0.2) is 5.82 Å². The molecule has 1 fully saturated rings. The van der Waals surface area contributed by atoms with Crippen LogP contribution in [0, 0.1) is 6.92 Å². The van der Waals surface area contributed by atoms with E-state index in [1.807, 2.05) is 40.7 Å². The van der Waals surface area contributed by atoms with Crippen LogP contribution in [0.5, 0.6) is 0 Å².